The zero-order valence-electron chi connectivity index (χ0n) is 11.3. The van der Waals surface area contributed by atoms with Crippen LogP contribution in [0.3, 0.4) is 0 Å². The first-order valence-corrected chi connectivity index (χ1v) is 7.05. The summed E-state index contributed by atoms with van der Waals surface area (Å²) in [4.78, 5) is 4.17. The minimum atomic E-state index is 0.392. The second kappa shape index (κ2) is 4.56. The van der Waals surface area contributed by atoms with E-state index >= 15 is 0 Å². The van der Waals surface area contributed by atoms with E-state index in [0.29, 0.717) is 16.2 Å². The Morgan fingerprint density at radius 3 is 2.95 bits per heavy atom. The van der Waals surface area contributed by atoms with E-state index in [9.17, 15) is 0 Å². The quantitative estimate of drug-likeness (QED) is 0.848. The molecule has 2 aromatic rings. The maximum atomic E-state index is 5.41. The number of aromatic amines is 1. The van der Waals surface area contributed by atoms with Crippen molar-refractivity contribution in [1.82, 2.24) is 19.7 Å². The van der Waals surface area contributed by atoms with Crippen molar-refractivity contribution in [3.05, 3.63) is 29.3 Å². The summed E-state index contributed by atoms with van der Waals surface area (Å²) in [5.74, 6) is 0.904. The van der Waals surface area contributed by atoms with Gasteiger partial charge in [0.1, 0.15) is 0 Å². The first-order valence-electron chi connectivity index (χ1n) is 6.64. The lowest BCUT2D eigenvalue weighted by molar-refractivity contribution is 0.358. The van der Waals surface area contributed by atoms with Crippen molar-refractivity contribution < 1.29 is 0 Å². The second-order valence-electron chi connectivity index (χ2n) is 6.02. The highest BCUT2D eigenvalue weighted by atomic mass is 32.1. The Morgan fingerprint density at radius 2 is 2.32 bits per heavy atom. The highest BCUT2D eigenvalue weighted by molar-refractivity contribution is 7.71. The van der Waals surface area contributed by atoms with E-state index in [2.05, 4.69) is 33.6 Å². The SMILES string of the molecule is CC1(C)CCC(n2c(-c3cccnc3)n[nH]c2=S)C1. The molecule has 1 aliphatic carbocycles. The molecule has 0 saturated heterocycles. The van der Waals surface area contributed by atoms with Crippen molar-refractivity contribution in [3.63, 3.8) is 0 Å². The topological polar surface area (TPSA) is 46.5 Å². The number of pyridine rings is 1. The summed E-state index contributed by atoms with van der Waals surface area (Å²) >= 11 is 5.41. The third kappa shape index (κ3) is 2.34. The third-order valence-electron chi connectivity index (χ3n) is 3.93. The lowest BCUT2D eigenvalue weighted by atomic mass is 9.92. The number of hydrogen-bond donors (Lipinski definition) is 1. The van der Waals surface area contributed by atoms with E-state index in [1.54, 1.807) is 6.20 Å². The molecular weight excluding hydrogens is 256 g/mol. The molecule has 0 aromatic carbocycles. The Morgan fingerprint density at radius 1 is 1.47 bits per heavy atom. The number of H-pyrrole nitrogens is 1. The third-order valence-corrected chi connectivity index (χ3v) is 4.22. The molecule has 0 bridgehead atoms. The van der Waals surface area contributed by atoms with Gasteiger partial charge in [0.15, 0.2) is 10.6 Å². The predicted octanol–water partition coefficient (Wildman–Crippen LogP) is 3.75. The molecule has 4 nitrogen and oxygen atoms in total. The fourth-order valence-corrected chi connectivity index (χ4v) is 3.24. The van der Waals surface area contributed by atoms with Gasteiger partial charge in [-0.25, -0.2) is 0 Å². The average Bonchev–Trinajstić information content (AvgIpc) is 2.93. The molecule has 0 spiro atoms. The Hall–Kier alpha value is -1.49. The van der Waals surface area contributed by atoms with Gasteiger partial charge in [-0.2, -0.15) is 5.10 Å². The monoisotopic (exact) mass is 274 g/mol. The summed E-state index contributed by atoms with van der Waals surface area (Å²) in [6, 6.07) is 4.39. The minimum Gasteiger partial charge on any atom is -0.297 e. The molecule has 1 saturated carbocycles. The van der Waals surface area contributed by atoms with Gasteiger partial charge < -0.3 is 0 Å². The lowest BCUT2D eigenvalue weighted by Gasteiger charge is -2.18. The molecule has 1 unspecified atom stereocenters. The highest BCUT2D eigenvalue weighted by Crippen LogP contribution is 2.44. The van der Waals surface area contributed by atoms with Gasteiger partial charge in [0.2, 0.25) is 0 Å². The fourth-order valence-electron chi connectivity index (χ4n) is 2.96. The first-order chi connectivity index (χ1) is 9.07. The van der Waals surface area contributed by atoms with E-state index in [4.69, 9.17) is 12.2 Å². The Labute approximate surface area is 117 Å². The van der Waals surface area contributed by atoms with Crippen LogP contribution >= 0.6 is 12.2 Å². The Bertz CT molecular complexity index is 626. The molecule has 1 aliphatic rings. The molecule has 1 fully saturated rings. The van der Waals surface area contributed by atoms with E-state index in [1.165, 1.54) is 6.42 Å². The van der Waals surface area contributed by atoms with Crippen LogP contribution in [-0.4, -0.2) is 19.7 Å². The largest absolute Gasteiger partial charge is 0.297 e. The summed E-state index contributed by atoms with van der Waals surface area (Å²) in [6.07, 6.45) is 7.15. The van der Waals surface area contributed by atoms with Gasteiger partial charge in [-0.15, -0.1) is 0 Å². The molecule has 0 amide bonds. The van der Waals surface area contributed by atoms with Gasteiger partial charge in [-0.3, -0.25) is 14.6 Å². The van der Waals surface area contributed by atoms with Crippen molar-refractivity contribution in [1.29, 1.82) is 0 Å². The Kier molecular flexibility index (Phi) is 3.01. The summed E-state index contributed by atoms with van der Waals surface area (Å²) in [5, 5.41) is 7.31. The van der Waals surface area contributed by atoms with Crippen LogP contribution < -0.4 is 0 Å². The zero-order chi connectivity index (χ0) is 13.5. The van der Waals surface area contributed by atoms with Crippen LogP contribution in [0.5, 0.6) is 0 Å². The van der Waals surface area contributed by atoms with Crippen LogP contribution in [0.25, 0.3) is 11.4 Å². The number of aromatic nitrogens is 4. The summed E-state index contributed by atoms with van der Waals surface area (Å²) < 4.78 is 2.88. The zero-order valence-corrected chi connectivity index (χ0v) is 12.1. The predicted molar refractivity (Wildman–Crippen MR) is 77.3 cm³/mol. The van der Waals surface area contributed by atoms with Gasteiger partial charge >= 0.3 is 0 Å². The van der Waals surface area contributed by atoms with Crippen molar-refractivity contribution in [2.75, 3.05) is 0 Å². The van der Waals surface area contributed by atoms with Crippen LogP contribution in [0.1, 0.15) is 39.2 Å². The summed E-state index contributed by atoms with van der Waals surface area (Å²) in [6.45, 7) is 4.64. The molecule has 19 heavy (non-hydrogen) atoms. The van der Waals surface area contributed by atoms with Gasteiger partial charge in [0, 0.05) is 24.0 Å². The maximum absolute atomic E-state index is 5.41. The molecule has 1 N–H and O–H groups in total. The molecule has 0 aliphatic heterocycles. The normalized spacial score (nSPS) is 21.7. The van der Waals surface area contributed by atoms with Crippen LogP contribution in [0.2, 0.25) is 0 Å². The fraction of sp³-hybridized carbons (Fsp3) is 0.500. The Balaban J connectivity index is 2.03. The summed E-state index contributed by atoms with van der Waals surface area (Å²) in [7, 11) is 0. The van der Waals surface area contributed by atoms with Gasteiger partial charge in [-0.05, 0) is 49.0 Å². The smallest absolute Gasteiger partial charge is 0.195 e. The standard InChI is InChI=1S/C14H18N4S/c1-14(2)6-5-11(8-14)18-12(16-17-13(18)19)10-4-3-7-15-9-10/h3-4,7,9,11H,5-6,8H2,1-2H3,(H,17,19). The van der Waals surface area contributed by atoms with Crippen molar-refractivity contribution in [2.45, 2.75) is 39.2 Å². The second-order valence-corrected chi connectivity index (χ2v) is 6.41. The van der Waals surface area contributed by atoms with Crippen LogP contribution in [-0.2, 0) is 0 Å². The lowest BCUT2D eigenvalue weighted by Crippen LogP contribution is -2.10. The van der Waals surface area contributed by atoms with Crippen LogP contribution in [0.4, 0.5) is 0 Å². The van der Waals surface area contributed by atoms with Gasteiger partial charge in [0.25, 0.3) is 0 Å². The van der Waals surface area contributed by atoms with Gasteiger partial charge in [0.05, 0.1) is 0 Å². The van der Waals surface area contributed by atoms with E-state index in [0.717, 1.165) is 24.2 Å². The van der Waals surface area contributed by atoms with E-state index < -0.39 is 0 Å². The van der Waals surface area contributed by atoms with E-state index in [1.807, 2.05) is 18.3 Å². The van der Waals surface area contributed by atoms with Gasteiger partial charge in [-0.1, -0.05) is 13.8 Å². The van der Waals surface area contributed by atoms with Crippen molar-refractivity contribution in [2.24, 2.45) is 5.41 Å². The number of nitrogens with one attached hydrogen (secondary N) is 1. The number of rotatable bonds is 2. The van der Waals surface area contributed by atoms with Crippen molar-refractivity contribution in [3.8, 4) is 11.4 Å². The molecular formula is C14H18N4S. The highest BCUT2D eigenvalue weighted by Gasteiger charge is 2.33. The molecule has 3 rings (SSSR count). The van der Waals surface area contributed by atoms with E-state index in [-0.39, 0.29) is 0 Å². The molecule has 2 aromatic heterocycles. The van der Waals surface area contributed by atoms with Crippen molar-refractivity contribution >= 4 is 12.2 Å². The maximum Gasteiger partial charge on any atom is 0.195 e. The molecule has 1 atom stereocenters. The average molecular weight is 274 g/mol. The molecule has 0 radical (unpaired) electrons. The van der Waals surface area contributed by atoms with Crippen LogP contribution in [0, 0.1) is 10.2 Å². The first kappa shape index (κ1) is 12.5. The molecule has 2 heterocycles. The van der Waals surface area contributed by atoms with Crippen LogP contribution in [0.15, 0.2) is 24.5 Å². The molecule has 100 valence electrons. The summed E-state index contributed by atoms with van der Waals surface area (Å²) in [5.41, 5.74) is 1.41. The number of hydrogen-bond acceptors (Lipinski definition) is 3. The molecule has 5 heteroatoms. The minimum absolute atomic E-state index is 0.392. The number of nitrogens with zero attached hydrogens (tertiary/aromatic N) is 3.